The van der Waals surface area contributed by atoms with E-state index in [0.717, 1.165) is 30.2 Å². The lowest BCUT2D eigenvalue weighted by Crippen LogP contribution is -2.55. The van der Waals surface area contributed by atoms with Gasteiger partial charge in [0.25, 0.3) is 10.1 Å². The Hall–Kier alpha value is -1.15. The summed E-state index contributed by atoms with van der Waals surface area (Å²) in [5.74, 6) is 0. The molecule has 1 fully saturated rings. The van der Waals surface area contributed by atoms with Crippen LogP contribution in [0.5, 0.6) is 0 Å². The van der Waals surface area contributed by atoms with Crippen LogP contribution in [0.15, 0.2) is 48.5 Å². The normalized spacial score (nSPS) is 25.1. The van der Waals surface area contributed by atoms with Crippen molar-refractivity contribution in [2.75, 3.05) is 26.0 Å². The average molecular weight is 458 g/mol. The standard InChI is InChI=1S/C21H25Cl2NO4S/c1-29(26,27)28-13-11-21(18-8-9-19(22)20(23)14-18)10-5-12-24(25,16-21)15-17-6-3-2-4-7-17/h2-4,6-9,14H,5,10-13,15-16H2,1H3. The molecule has 2 aromatic carbocycles. The third-order valence-electron chi connectivity index (χ3n) is 5.54. The first kappa shape index (κ1) is 22.5. The first-order valence-electron chi connectivity index (χ1n) is 9.52. The molecule has 158 valence electrons. The largest absolute Gasteiger partial charge is 0.633 e. The number of nitrogens with zero attached hydrogens (tertiary/aromatic N) is 1. The molecule has 29 heavy (non-hydrogen) atoms. The van der Waals surface area contributed by atoms with E-state index < -0.39 is 15.5 Å². The first-order valence-corrected chi connectivity index (χ1v) is 12.1. The van der Waals surface area contributed by atoms with E-state index in [1.54, 1.807) is 12.1 Å². The average Bonchev–Trinajstić information content (AvgIpc) is 2.63. The second-order valence-electron chi connectivity index (χ2n) is 7.87. The van der Waals surface area contributed by atoms with Crippen molar-refractivity contribution in [2.24, 2.45) is 0 Å². The molecule has 8 heteroatoms. The minimum Gasteiger partial charge on any atom is -0.633 e. The number of likely N-dealkylation sites (tertiary alicyclic amines) is 1. The van der Waals surface area contributed by atoms with Crippen LogP contribution in [0.25, 0.3) is 0 Å². The van der Waals surface area contributed by atoms with Gasteiger partial charge >= 0.3 is 0 Å². The SMILES string of the molecule is CS(=O)(=O)OCCC1(c2ccc(Cl)c(Cl)c2)CCC[N+]([O-])(Cc2ccccc2)C1. The van der Waals surface area contributed by atoms with Gasteiger partial charge in [0.05, 0.1) is 36.0 Å². The van der Waals surface area contributed by atoms with Crippen molar-refractivity contribution in [2.45, 2.75) is 31.2 Å². The van der Waals surface area contributed by atoms with Gasteiger partial charge in [0.1, 0.15) is 6.54 Å². The monoisotopic (exact) mass is 457 g/mol. The first-order chi connectivity index (χ1) is 13.6. The van der Waals surface area contributed by atoms with Crippen LogP contribution < -0.4 is 0 Å². The predicted octanol–water partition coefficient (Wildman–Crippen LogP) is 4.91. The summed E-state index contributed by atoms with van der Waals surface area (Å²) in [5, 5.41) is 14.6. The number of quaternary nitrogens is 1. The summed E-state index contributed by atoms with van der Waals surface area (Å²) >= 11 is 12.4. The van der Waals surface area contributed by atoms with Crippen molar-refractivity contribution in [1.82, 2.24) is 0 Å². The highest BCUT2D eigenvalue weighted by atomic mass is 35.5. The van der Waals surface area contributed by atoms with Crippen molar-refractivity contribution >= 4 is 33.3 Å². The van der Waals surface area contributed by atoms with Gasteiger partial charge in [0.2, 0.25) is 0 Å². The van der Waals surface area contributed by atoms with Gasteiger partial charge in [-0.1, -0.05) is 59.6 Å². The summed E-state index contributed by atoms with van der Waals surface area (Å²) in [6.07, 6.45) is 2.93. The summed E-state index contributed by atoms with van der Waals surface area (Å²) in [7, 11) is -3.56. The summed E-state index contributed by atoms with van der Waals surface area (Å²) in [4.78, 5) is 0. The van der Waals surface area contributed by atoms with Gasteiger partial charge < -0.3 is 9.85 Å². The third kappa shape index (κ3) is 5.94. The Morgan fingerprint density at radius 3 is 2.52 bits per heavy atom. The Bertz CT molecular complexity index is 954. The van der Waals surface area contributed by atoms with Gasteiger partial charge in [0, 0.05) is 11.0 Å². The summed E-state index contributed by atoms with van der Waals surface area (Å²) in [6.45, 7) is 1.24. The van der Waals surface area contributed by atoms with E-state index in [-0.39, 0.29) is 11.3 Å². The molecular formula is C21H25Cl2NO4S. The molecule has 5 nitrogen and oxygen atoms in total. The van der Waals surface area contributed by atoms with Crippen LogP contribution in [0.1, 0.15) is 30.4 Å². The molecule has 1 aliphatic rings. The van der Waals surface area contributed by atoms with Crippen LogP contribution in [0.2, 0.25) is 10.0 Å². The van der Waals surface area contributed by atoms with Gasteiger partial charge in [-0.2, -0.15) is 8.42 Å². The molecule has 0 saturated carbocycles. The molecule has 0 aliphatic carbocycles. The highest BCUT2D eigenvalue weighted by Gasteiger charge is 2.42. The Morgan fingerprint density at radius 2 is 1.86 bits per heavy atom. The van der Waals surface area contributed by atoms with Gasteiger partial charge in [0.15, 0.2) is 0 Å². The van der Waals surface area contributed by atoms with Crippen LogP contribution in [0.3, 0.4) is 0 Å². The van der Waals surface area contributed by atoms with E-state index in [1.807, 2.05) is 36.4 Å². The number of piperidine rings is 1. The maximum Gasteiger partial charge on any atom is 0.264 e. The smallest absolute Gasteiger partial charge is 0.264 e. The Balaban J connectivity index is 1.91. The topological polar surface area (TPSA) is 66.4 Å². The van der Waals surface area contributed by atoms with Gasteiger partial charge in [-0.05, 0) is 37.0 Å². The number of hydrogen-bond donors (Lipinski definition) is 0. The number of hydroxylamine groups is 3. The van der Waals surface area contributed by atoms with E-state index in [2.05, 4.69) is 0 Å². The molecule has 0 spiro atoms. The highest BCUT2D eigenvalue weighted by molar-refractivity contribution is 7.85. The van der Waals surface area contributed by atoms with Gasteiger partial charge in [-0.3, -0.25) is 4.18 Å². The van der Waals surface area contributed by atoms with E-state index in [0.29, 0.717) is 36.1 Å². The molecule has 0 aromatic heterocycles. The zero-order valence-electron chi connectivity index (χ0n) is 16.3. The number of rotatable bonds is 7. The van der Waals surface area contributed by atoms with Gasteiger partial charge in [-0.25, -0.2) is 0 Å². The fourth-order valence-corrected chi connectivity index (χ4v) is 4.95. The zero-order chi connectivity index (χ0) is 21.1. The molecule has 0 N–H and O–H groups in total. The molecule has 1 heterocycles. The zero-order valence-corrected chi connectivity index (χ0v) is 18.6. The molecule has 1 aliphatic heterocycles. The third-order valence-corrected chi connectivity index (χ3v) is 6.87. The molecule has 0 amide bonds. The minimum atomic E-state index is -3.56. The number of halogens is 2. The molecule has 2 unspecified atom stereocenters. The summed E-state index contributed by atoms with van der Waals surface area (Å²) in [6, 6.07) is 15.1. The van der Waals surface area contributed by atoms with Gasteiger partial charge in [-0.15, -0.1) is 0 Å². The second kappa shape index (κ2) is 8.92. The lowest BCUT2D eigenvalue weighted by atomic mass is 9.71. The maximum absolute atomic E-state index is 13.7. The molecule has 1 saturated heterocycles. The van der Waals surface area contributed by atoms with Crippen LogP contribution in [-0.2, 0) is 26.3 Å². The highest BCUT2D eigenvalue weighted by Crippen LogP contribution is 2.42. The quantitative estimate of drug-likeness (QED) is 0.336. The summed E-state index contributed by atoms with van der Waals surface area (Å²) < 4.78 is 27.6. The number of benzene rings is 2. The van der Waals surface area contributed by atoms with Crippen LogP contribution >= 0.6 is 23.2 Å². The van der Waals surface area contributed by atoms with Crippen LogP contribution in [0.4, 0.5) is 0 Å². The number of hydrogen-bond acceptors (Lipinski definition) is 4. The molecule has 2 atom stereocenters. The van der Waals surface area contributed by atoms with E-state index in [1.165, 1.54) is 0 Å². The molecular weight excluding hydrogens is 433 g/mol. The Kier molecular flexibility index (Phi) is 6.93. The van der Waals surface area contributed by atoms with Crippen molar-refractivity contribution in [3.05, 3.63) is 74.9 Å². The van der Waals surface area contributed by atoms with Crippen LogP contribution in [0, 0.1) is 5.21 Å². The molecule has 2 aromatic rings. The Morgan fingerprint density at radius 1 is 1.14 bits per heavy atom. The molecule has 3 rings (SSSR count). The summed E-state index contributed by atoms with van der Waals surface area (Å²) in [5.41, 5.74) is 1.35. The van der Waals surface area contributed by atoms with Crippen molar-refractivity contribution in [1.29, 1.82) is 0 Å². The maximum atomic E-state index is 13.7. The minimum absolute atomic E-state index is 0.0183. The Labute approximate surface area is 182 Å². The molecule has 0 radical (unpaired) electrons. The fourth-order valence-electron chi connectivity index (χ4n) is 4.26. The van der Waals surface area contributed by atoms with E-state index >= 15 is 0 Å². The lowest BCUT2D eigenvalue weighted by molar-refractivity contribution is -0.903. The fraction of sp³-hybridized carbons (Fsp3) is 0.429. The molecule has 0 bridgehead atoms. The van der Waals surface area contributed by atoms with E-state index in [9.17, 15) is 13.6 Å². The van der Waals surface area contributed by atoms with E-state index in [4.69, 9.17) is 27.4 Å². The van der Waals surface area contributed by atoms with Crippen LogP contribution in [-0.4, -0.2) is 39.0 Å². The second-order valence-corrected chi connectivity index (χ2v) is 10.3. The lowest BCUT2D eigenvalue weighted by Gasteiger charge is -2.53. The van der Waals surface area contributed by atoms with Crippen molar-refractivity contribution in [3.8, 4) is 0 Å². The van der Waals surface area contributed by atoms with Crippen molar-refractivity contribution in [3.63, 3.8) is 0 Å². The predicted molar refractivity (Wildman–Crippen MR) is 116 cm³/mol. The van der Waals surface area contributed by atoms with Crippen molar-refractivity contribution < 1.29 is 17.2 Å².